The van der Waals surface area contributed by atoms with Crippen molar-refractivity contribution in [3.05, 3.63) is 45.4 Å². The molecule has 0 atom stereocenters. The van der Waals surface area contributed by atoms with E-state index in [1.165, 1.54) is 18.2 Å². The van der Waals surface area contributed by atoms with Crippen LogP contribution in [0.1, 0.15) is 0 Å². The Balaban J connectivity index is 2.37. The van der Waals surface area contributed by atoms with Crippen LogP contribution in [0.3, 0.4) is 0 Å². The normalized spacial score (nSPS) is 10.4. The number of benzene rings is 2. The molecule has 2 aromatic carbocycles. The number of ether oxygens (including phenoxy) is 1. The molecule has 0 saturated carbocycles. The first-order chi connectivity index (χ1) is 8.47. The molecule has 0 bridgehead atoms. The van der Waals surface area contributed by atoms with E-state index in [9.17, 15) is 10.2 Å². The lowest BCUT2D eigenvalue weighted by Crippen LogP contribution is -1.86. The highest BCUT2D eigenvalue weighted by Gasteiger charge is 2.11. The average Bonchev–Trinajstić information content (AvgIpc) is 2.29. The maximum Gasteiger partial charge on any atom is 0.172 e. The van der Waals surface area contributed by atoms with E-state index in [1.54, 1.807) is 12.1 Å². The second-order valence-electron chi connectivity index (χ2n) is 3.45. The Bertz CT molecular complexity index is 599. The zero-order valence-electron chi connectivity index (χ0n) is 8.82. The van der Waals surface area contributed by atoms with Gasteiger partial charge in [0.05, 0.1) is 10.0 Å². The summed E-state index contributed by atoms with van der Waals surface area (Å²) in [6.45, 7) is 0. The molecule has 3 nitrogen and oxygen atoms in total. The van der Waals surface area contributed by atoms with Crippen LogP contribution in [0, 0.1) is 0 Å². The lowest BCUT2D eigenvalue weighted by Gasteiger charge is -2.10. The number of halogens is 3. The minimum Gasteiger partial charge on any atom is -0.506 e. The van der Waals surface area contributed by atoms with Gasteiger partial charge in [-0.1, -0.05) is 34.8 Å². The molecule has 0 aliphatic rings. The van der Waals surface area contributed by atoms with E-state index in [-0.39, 0.29) is 27.3 Å². The second kappa shape index (κ2) is 5.14. The predicted octanol–water partition coefficient (Wildman–Crippen LogP) is 4.85. The lowest BCUT2D eigenvalue weighted by molar-refractivity contribution is 0.404. The SMILES string of the molecule is Oc1cc(Oc2ccc(Cl)cc2Cl)c(O)cc1Cl. The Morgan fingerprint density at radius 1 is 0.778 bits per heavy atom. The quantitative estimate of drug-likeness (QED) is 0.780. The molecule has 0 aliphatic carbocycles. The van der Waals surface area contributed by atoms with Crippen molar-refractivity contribution in [1.29, 1.82) is 0 Å². The number of aromatic hydroxyl groups is 2. The summed E-state index contributed by atoms with van der Waals surface area (Å²) in [5.41, 5.74) is 0. The monoisotopic (exact) mass is 304 g/mol. The van der Waals surface area contributed by atoms with Gasteiger partial charge in [0.15, 0.2) is 11.5 Å². The van der Waals surface area contributed by atoms with E-state index in [1.807, 2.05) is 0 Å². The number of phenols is 2. The van der Waals surface area contributed by atoms with Gasteiger partial charge in [0.1, 0.15) is 11.5 Å². The van der Waals surface area contributed by atoms with Crippen LogP contribution in [0.15, 0.2) is 30.3 Å². The summed E-state index contributed by atoms with van der Waals surface area (Å²) in [6, 6.07) is 7.02. The smallest absolute Gasteiger partial charge is 0.172 e. The van der Waals surface area contributed by atoms with Crippen LogP contribution in [-0.2, 0) is 0 Å². The molecular formula is C12H7Cl3O3. The van der Waals surface area contributed by atoms with E-state index in [4.69, 9.17) is 39.5 Å². The molecule has 6 heteroatoms. The molecular weight excluding hydrogens is 298 g/mol. The first-order valence-corrected chi connectivity index (χ1v) is 5.95. The van der Waals surface area contributed by atoms with E-state index in [2.05, 4.69) is 0 Å². The van der Waals surface area contributed by atoms with Crippen LogP contribution in [-0.4, -0.2) is 10.2 Å². The molecule has 18 heavy (non-hydrogen) atoms. The summed E-state index contributed by atoms with van der Waals surface area (Å²) in [7, 11) is 0. The molecule has 0 aliphatic heterocycles. The highest BCUT2D eigenvalue weighted by molar-refractivity contribution is 6.35. The number of rotatable bonds is 2. The van der Waals surface area contributed by atoms with Crippen molar-refractivity contribution in [2.75, 3.05) is 0 Å². The van der Waals surface area contributed by atoms with Crippen molar-refractivity contribution < 1.29 is 14.9 Å². The molecule has 0 unspecified atom stereocenters. The minimum atomic E-state index is -0.205. The third-order valence-electron chi connectivity index (χ3n) is 2.14. The fourth-order valence-corrected chi connectivity index (χ4v) is 1.90. The number of phenolic OH excluding ortho intramolecular Hbond substituents is 2. The molecule has 0 aromatic heterocycles. The molecule has 0 heterocycles. The summed E-state index contributed by atoms with van der Waals surface area (Å²) in [5, 5.41) is 19.9. The van der Waals surface area contributed by atoms with Gasteiger partial charge in [0.25, 0.3) is 0 Å². The Morgan fingerprint density at radius 3 is 2.17 bits per heavy atom. The lowest BCUT2D eigenvalue weighted by atomic mass is 10.3. The Kier molecular flexibility index (Phi) is 3.76. The molecule has 2 rings (SSSR count). The molecule has 0 fully saturated rings. The van der Waals surface area contributed by atoms with Crippen molar-refractivity contribution in [2.45, 2.75) is 0 Å². The summed E-state index contributed by atoms with van der Waals surface area (Å²) in [5.74, 6) is -0.0578. The summed E-state index contributed by atoms with van der Waals surface area (Å²) in [6.07, 6.45) is 0. The molecule has 0 spiro atoms. The minimum absolute atomic E-state index is 0.0297. The maximum absolute atomic E-state index is 9.63. The van der Waals surface area contributed by atoms with Gasteiger partial charge in [-0.15, -0.1) is 0 Å². The van der Waals surface area contributed by atoms with Crippen LogP contribution in [0.5, 0.6) is 23.0 Å². The second-order valence-corrected chi connectivity index (χ2v) is 4.70. The molecule has 2 N–H and O–H groups in total. The highest BCUT2D eigenvalue weighted by Crippen LogP contribution is 2.40. The van der Waals surface area contributed by atoms with E-state index in [0.29, 0.717) is 10.8 Å². The van der Waals surface area contributed by atoms with Gasteiger partial charge >= 0.3 is 0 Å². The fourth-order valence-electron chi connectivity index (χ4n) is 1.29. The fraction of sp³-hybridized carbons (Fsp3) is 0. The van der Waals surface area contributed by atoms with Crippen LogP contribution in [0.2, 0.25) is 15.1 Å². The van der Waals surface area contributed by atoms with Crippen molar-refractivity contribution >= 4 is 34.8 Å². The van der Waals surface area contributed by atoms with E-state index < -0.39 is 0 Å². The molecule has 2 aromatic rings. The maximum atomic E-state index is 9.63. The first-order valence-electron chi connectivity index (χ1n) is 4.82. The van der Waals surface area contributed by atoms with Crippen molar-refractivity contribution in [2.24, 2.45) is 0 Å². The number of hydrogen-bond acceptors (Lipinski definition) is 3. The molecule has 0 radical (unpaired) electrons. The largest absolute Gasteiger partial charge is 0.506 e. The zero-order chi connectivity index (χ0) is 13.3. The van der Waals surface area contributed by atoms with Gasteiger partial charge in [-0.2, -0.15) is 0 Å². The molecule has 0 amide bonds. The van der Waals surface area contributed by atoms with E-state index >= 15 is 0 Å². The molecule has 94 valence electrons. The summed E-state index contributed by atoms with van der Waals surface area (Å²) in [4.78, 5) is 0. The topological polar surface area (TPSA) is 49.7 Å². The van der Waals surface area contributed by atoms with Crippen molar-refractivity contribution in [1.82, 2.24) is 0 Å². The number of hydrogen-bond donors (Lipinski definition) is 2. The van der Waals surface area contributed by atoms with Gasteiger partial charge in [0.2, 0.25) is 0 Å². The van der Waals surface area contributed by atoms with Crippen LogP contribution in [0.4, 0.5) is 0 Å². The Morgan fingerprint density at radius 2 is 1.50 bits per heavy atom. The average molecular weight is 306 g/mol. The van der Waals surface area contributed by atoms with Gasteiger partial charge in [-0.05, 0) is 18.2 Å². The van der Waals surface area contributed by atoms with Crippen molar-refractivity contribution in [3.63, 3.8) is 0 Å². The van der Waals surface area contributed by atoms with Gasteiger partial charge in [-0.25, -0.2) is 0 Å². The Hall–Kier alpha value is -1.29. The van der Waals surface area contributed by atoms with Crippen LogP contribution in [0.25, 0.3) is 0 Å². The van der Waals surface area contributed by atoms with E-state index in [0.717, 1.165) is 0 Å². The summed E-state index contributed by atoms with van der Waals surface area (Å²) < 4.78 is 5.37. The van der Waals surface area contributed by atoms with Crippen molar-refractivity contribution in [3.8, 4) is 23.0 Å². The predicted molar refractivity (Wildman–Crippen MR) is 71.3 cm³/mol. The highest BCUT2D eigenvalue weighted by atomic mass is 35.5. The third-order valence-corrected chi connectivity index (χ3v) is 2.98. The standard InChI is InChI=1S/C12H7Cl3O3/c13-6-1-2-11(8(15)3-6)18-12-5-9(16)7(14)4-10(12)17/h1-5,16-17H. The Labute approximate surface area is 118 Å². The van der Waals surface area contributed by atoms with Crippen LogP contribution < -0.4 is 4.74 Å². The summed E-state index contributed by atoms with van der Waals surface area (Å²) >= 11 is 17.3. The van der Waals surface area contributed by atoms with Gasteiger partial charge in [-0.3, -0.25) is 0 Å². The first kappa shape index (κ1) is 13.1. The van der Waals surface area contributed by atoms with Crippen LogP contribution >= 0.6 is 34.8 Å². The molecule has 0 saturated heterocycles. The third kappa shape index (κ3) is 2.75. The van der Waals surface area contributed by atoms with Gasteiger partial charge < -0.3 is 14.9 Å². The van der Waals surface area contributed by atoms with Gasteiger partial charge in [0, 0.05) is 17.2 Å². The zero-order valence-corrected chi connectivity index (χ0v) is 11.1.